The second kappa shape index (κ2) is 11.4. The number of rotatable bonds is 3. The molecule has 0 aliphatic rings. The maximum Gasteiger partial charge on any atom is 2.00 e. The van der Waals surface area contributed by atoms with Gasteiger partial charge in [0.2, 0.25) is 0 Å². The van der Waals surface area contributed by atoms with E-state index in [2.05, 4.69) is 146 Å². The van der Waals surface area contributed by atoms with E-state index >= 15 is 0 Å². The molecule has 0 saturated heterocycles. The molecule has 0 aliphatic carbocycles. The molecule has 0 spiro atoms. The van der Waals surface area contributed by atoms with Gasteiger partial charge in [-0.2, -0.15) is 6.07 Å². The van der Waals surface area contributed by atoms with Crippen molar-refractivity contribution < 1.29 is 21.1 Å². The van der Waals surface area contributed by atoms with E-state index in [9.17, 15) is 0 Å². The average molecular weight is 832 g/mol. The minimum atomic E-state index is 0. The summed E-state index contributed by atoms with van der Waals surface area (Å²) in [5.41, 5.74) is 7.45. The zero-order chi connectivity index (χ0) is 32.8. The third-order valence-corrected chi connectivity index (χ3v) is 9.91. The summed E-state index contributed by atoms with van der Waals surface area (Å²) in [6, 6.07) is 52.4. The molecule has 11 rings (SSSR count). The monoisotopic (exact) mass is 831 g/mol. The fourth-order valence-electron chi connectivity index (χ4n) is 7.70. The Morgan fingerprint density at radius 3 is 1.88 bits per heavy atom. The van der Waals surface area contributed by atoms with Gasteiger partial charge in [-0.1, -0.05) is 95.5 Å². The van der Waals surface area contributed by atoms with Crippen LogP contribution in [0.2, 0.25) is 0 Å². The molecule has 0 saturated carbocycles. The van der Waals surface area contributed by atoms with Gasteiger partial charge in [0, 0.05) is 40.7 Å². The minimum absolute atomic E-state index is 0. The molecule has 4 heterocycles. The third-order valence-electron chi connectivity index (χ3n) is 9.91. The zero-order valence-corrected chi connectivity index (χ0v) is 29.1. The Bertz CT molecular complexity index is 3160. The van der Waals surface area contributed by atoms with Gasteiger partial charge in [-0.3, -0.25) is 4.98 Å². The summed E-state index contributed by atoms with van der Waals surface area (Å²) in [6.07, 6.45) is 5.19. The van der Waals surface area contributed by atoms with Crippen molar-refractivity contribution >= 4 is 76.1 Å². The van der Waals surface area contributed by atoms with E-state index in [1.807, 2.05) is 18.2 Å². The smallest absolute Gasteiger partial charge is 0.352 e. The molecule has 6 nitrogen and oxygen atoms in total. The SMILES string of the molecule is [Pt+2].[c-]1c(-c2cnccn2)ccc2c3c4ccccc4ccc3n(-c3[c-]c4c(cc3)c3c5ccccc5ccc3n4-c3cc4ccccc4nn3)c12. The van der Waals surface area contributed by atoms with Gasteiger partial charge in [-0.25, -0.2) is 0 Å². The van der Waals surface area contributed by atoms with E-state index in [0.717, 1.165) is 66.5 Å². The molecule has 0 amide bonds. The summed E-state index contributed by atoms with van der Waals surface area (Å²) in [5, 5.41) is 19.8. The topological polar surface area (TPSA) is 61.4 Å². The first-order valence-electron chi connectivity index (χ1n) is 16.6. The average Bonchev–Trinajstić information content (AvgIpc) is 3.70. The number of fused-ring (bicyclic) bond motifs is 11. The molecule has 0 fully saturated rings. The van der Waals surface area contributed by atoms with E-state index in [1.165, 1.54) is 32.3 Å². The molecule has 7 aromatic carbocycles. The number of benzene rings is 7. The molecular formula is C44H24N6Pt. The fraction of sp³-hybridized carbons (Fsp3) is 0. The van der Waals surface area contributed by atoms with Gasteiger partial charge >= 0.3 is 21.1 Å². The summed E-state index contributed by atoms with van der Waals surface area (Å²) in [7, 11) is 0. The second-order valence-corrected chi connectivity index (χ2v) is 12.6. The van der Waals surface area contributed by atoms with Crippen molar-refractivity contribution in [3.8, 4) is 22.8 Å². The quantitative estimate of drug-likeness (QED) is 0.167. The van der Waals surface area contributed by atoms with Crippen LogP contribution in [0.3, 0.4) is 0 Å². The summed E-state index contributed by atoms with van der Waals surface area (Å²) in [4.78, 5) is 8.92. The maximum atomic E-state index is 4.77. The zero-order valence-electron chi connectivity index (χ0n) is 26.9. The van der Waals surface area contributed by atoms with Crippen molar-refractivity contribution in [3.63, 3.8) is 0 Å². The summed E-state index contributed by atoms with van der Waals surface area (Å²) < 4.78 is 4.49. The van der Waals surface area contributed by atoms with Gasteiger partial charge in [0.25, 0.3) is 0 Å². The van der Waals surface area contributed by atoms with Crippen LogP contribution in [-0.2, 0) is 21.1 Å². The van der Waals surface area contributed by atoms with Crippen LogP contribution in [0.5, 0.6) is 0 Å². The van der Waals surface area contributed by atoms with Crippen LogP contribution in [0.25, 0.3) is 98.8 Å². The molecule has 0 bridgehead atoms. The Morgan fingerprint density at radius 1 is 0.510 bits per heavy atom. The number of hydrogen-bond acceptors (Lipinski definition) is 4. The van der Waals surface area contributed by atoms with Gasteiger partial charge in [-0.05, 0) is 62.1 Å². The van der Waals surface area contributed by atoms with Gasteiger partial charge in [-0.15, -0.1) is 51.5 Å². The first-order valence-corrected chi connectivity index (χ1v) is 16.6. The van der Waals surface area contributed by atoms with Crippen LogP contribution in [0.4, 0.5) is 0 Å². The first kappa shape index (κ1) is 29.7. The molecule has 0 aliphatic heterocycles. The summed E-state index contributed by atoms with van der Waals surface area (Å²) >= 11 is 0. The summed E-state index contributed by atoms with van der Waals surface area (Å²) in [6.45, 7) is 0. The molecule has 0 unspecified atom stereocenters. The maximum absolute atomic E-state index is 4.77. The van der Waals surface area contributed by atoms with Crippen molar-refractivity contribution in [2.75, 3.05) is 0 Å². The fourth-order valence-corrected chi connectivity index (χ4v) is 7.70. The molecule has 0 N–H and O–H groups in total. The molecule has 0 atom stereocenters. The van der Waals surface area contributed by atoms with Crippen molar-refractivity contribution in [1.82, 2.24) is 29.3 Å². The number of nitrogens with zero attached hydrogens (tertiary/aromatic N) is 6. The van der Waals surface area contributed by atoms with E-state index in [4.69, 9.17) is 5.10 Å². The van der Waals surface area contributed by atoms with Gasteiger partial charge < -0.3 is 14.1 Å². The molecule has 7 heteroatoms. The van der Waals surface area contributed by atoms with E-state index in [1.54, 1.807) is 18.6 Å². The molecule has 4 aromatic heterocycles. The van der Waals surface area contributed by atoms with Gasteiger partial charge in [0.1, 0.15) is 0 Å². The van der Waals surface area contributed by atoms with Crippen LogP contribution < -0.4 is 0 Å². The van der Waals surface area contributed by atoms with Gasteiger partial charge in [0.15, 0.2) is 5.82 Å². The van der Waals surface area contributed by atoms with Crippen LogP contribution >= 0.6 is 0 Å². The van der Waals surface area contributed by atoms with Crippen LogP contribution in [0.15, 0.2) is 146 Å². The molecule has 11 aromatic rings. The minimum Gasteiger partial charge on any atom is -0.352 e. The van der Waals surface area contributed by atoms with Crippen LogP contribution in [0, 0.1) is 12.1 Å². The van der Waals surface area contributed by atoms with E-state index in [-0.39, 0.29) is 21.1 Å². The van der Waals surface area contributed by atoms with Crippen LogP contribution in [-0.4, -0.2) is 29.3 Å². The normalized spacial score (nSPS) is 11.8. The van der Waals surface area contributed by atoms with E-state index < -0.39 is 0 Å². The summed E-state index contributed by atoms with van der Waals surface area (Å²) in [5.74, 6) is 0.747. The molecule has 0 radical (unpaired) electrons. The third kappa shape index (κ3) is 4.40. The molecule has 51 heavy (non-hydrogen) atoms. The Hall–Kier alpha value is -6.23. The molecule has 240 valence electrons. The first-order chi connectivity index (χ1) is 24.8. The Kier molecular flexibility index (Phi) is 6.64. The van der Waals surface area contributed by atoms with Crippen molar-refractivity contribution in [2.45, 2.75) is 0 Å². The number of hydrogen-bond donors (Lipinski definition) is 0. The largest absolute Gasteiger partial charge is 2.00 e. The second-order valence-electron chi connectivity index (χ2n) is 12.6. The Morgan fingerprint density at radius 2 is 1.16 bits per heavy atom. The van der Waals surface area contributed by atoms with E-state index in [0.29, 0.717) is 0 Å². The Labute approximate surface area is 305 Å². The van der Waals surface area contributed by atoms with Crippen molar-refractivity contribution in [3.05, 3.63) is 158 Å². The van der Waals surface area contributed by atoms with Crippen LogP contribution in [0.1, 0.15) is 0 Å². The predicted molar refractivity (Wildman–Crippen MR) is 202 cm³/mol. The standard InChI is InChI=1S/C44H24N6.Pt/c1-4-10-32-27(7-1)14-19-38-43(32)34-17-13-30(37-26-45-21-22-46-37)23-40(34)49(38)31-16-18-35-41(25-31)50(42-24-29-9-3-6-12-36(29)47-48-42)39-20-15-28-8-2-5-11-33(28)44(35)39;/h1-22,24,26H;/q-2;+2. The van der Waals surface area contributed by atoms with Gasteiger partial charge in [0.05, 0.1) is 5.52 Å². The van der Waals surface area contributed by atoms with Crippen molar-refractivity contribution in [2.24, 2.45) is 0 Å². The predicted octanol–water partition coefficient (Wildman–Crippen LogP) is 10.2. The number of aromatic nitrogens is 6. The van der Waals surface area contributed by atoms with Crippen molar-refractivity contribution in [1.29, 1.82) is 0 Å². The molecular weight excluding hydrogens is 808 g/mol. The Balaban J connectivity index is 0.00000327.